The molecule has 0 aromatic carbocycles. The van der Waals surface area contributed by atoms with E-state index in [0.29, 0.717) is 0 Å². The molecule has 14 heavy (non-hydrogen) atoms. The number of hydrogen-bond donors (Lipinski definition) is 0. The molecule has 0 saturated carbocycles. The van der Waals surface area contributed by atoms with Crippen LogP contribution in [-0.2, 0) is 19.1 Å². The molecule has 0 aromatic rings. The van der Waals surface area contributed by atoms with Crippen LogP contribution in [0.3, 0.4) is 0 Å². The Kier molecular flexibility index (Phi) is 6.12. The highest BCUT2D eigenvalue weighted by Crippen LogP contribution is 2.11. The maximum atomic E-state index is 11.3. The molecule has 0 radical (unpaired) electrons. The summed E-state index contributed by atoms with van der Waals surface area (Å²) in [6.45, 7) is 3.94. The highest BCUT2D eigenvalue weighted by Gasteiger charge is 2.18. The smallest absolute Gasteiger partial charge is 0.313 e. The van der Waals surface area contributed by atoms with Gasteiger partial charge in [-0.05, 0) is 5.92 Å². The van der Waals surface area contributed by atoms with Gasteiger partial charge < -0.3 is 9.47 Å². The highest BCUT2D eigenvalue weighted by atomic mass is 16.5. The van der Waals surface area contributed by atoms with Crippen molar-refractivity contribution in [3.63, 3.8) is 0 Å². The summed E-state index contributed by atoms with van der Waals surface area (Å²) >= 11 is 0. The first-order chi connectivity index (χ1) is 6.51. The van der Waals surface area contributed by atoms with E-state index in [4.69, 9.17) is 4.74 Å². The minimum Gasteiger partial charge on any atom is -0.469 e. The van der Waals surface area contributed by atoms with Crippen molar-refractivity contribution in [3.05, 3.63) is 0 Å². The molecule has 1 unspecified atom stereocenters. The van der Waals surface area contributed by atoms with Crippen LogP contribution in [0.1, 0.15) is 26.7 Å². The van der Waals surface area contributed by atoms with Gasteiger partial charge in [0.2, 0.25) is 0 Å². The Morgan fingerprint density at radius 3 is 2.14 bits per heavy atom. The van der Waals surface area contributed by atoms with Crippen LogP contribution in [-0.4, -0.2) is 32.1 Å². The molecule has 1 atom stereocenters. The van der Waals surface area contributed by atoms with Crippen LogP contribution in [0.25, 0.3) is 0 Å². The van der Waals surface area contributed by atoms with Gasteiger partial charge >= 0.3 is 5.97 Å². The molecule has 0 saturated heterocycles. The molecule has 0 fully saturated rings. The Morgan fingerprint density at radius 1 is 1.21 bits per heavy atom. The summed E-state index contributed by atoms with van der Waals surface area (Å²) in [5.74, 6) is -0.368. The predicted octanol–water partition coefficient (Wildman–Crippen LogP) is 1.18. The largest absolute Gasteiger partial charge is 0.469 e. The zero-order valence-corrected chi connectivity index (χ0v) is 9.20. The second kappa shape index (κ2) is 6.54. The van der Waals surface area contributed by atoms with Gasteiger partial charge in [0.05, 0.1) is 13.2 Å². The quantitative estimate of drug-likeness (QED) is 0.479. The first kappa shape index (κ1) is 13.1. The second-order valence-corrected chi connectivity index (χ2v) is 3.51. The van der Waals surface area contributed by atoms with Gasteiger partial charge in [-0.3, -0.25) is 9.59 Å². The number of hydrogen-bond acceptors (Lipinski definition) is 4. The summed E-state index contributed by atoms with van der Waals surface area (Å²) in [6.07, 6.45) is -0.0149. The van der Waals surface area contributed by atoms with Crippen LogP contribution in [0.2, 0.25) is 0 Å². The summed E-state index contributed by atoms with van der Waals surface area (Å²) in [5.41, 5.74) is 0. The number of esters is 1. The van der Waals surface area contributed by atoms with E-state index < -0.39 is 5.97 Å². The van der Waals surface area contributed by atoms with Gasteiger partial charge in [0, 0.05) is 13.5 Å². The van der Waals surface area contributed by atoms with Crippen LogP contribution < -0.4 is 0 Å². The lowest BCUT2D eigenvalue weighted by atomic mass is 10.0. The third-order valence-corrected chi connectivity index (χ3v) is 2.04. The molecular formula is C10H18O4. The Hall–Kier alpha value is -0.900. The lowest BCUT2D eigenvalue weighted by molar-refractivity contribution is -0.143. The Bertz CT molecular complexity index is 198. The zero-order valence-electron chi connectivity index (χ0n) is 9.20. The number of rotatable bonds is 6. The zero-order chi connectivity index (χ0) is 11.1. The minimum atomic E-state index is -0.492. The predicted molar refractivity (Wildman–Crippen MR) is 51.9 cm³/mol. The molecule has 0 amide bonds. The first-order valence-corrected chi connectivity index (χ1v) is 4.62. The van der Waals surface area contributed by atoms with Crippen molar-refractivity contribution in [2.24, 2.45) is 5.92 Å². The average Bonchev–Trinajstić information content (AvgIpc) is 2.13. The topological polar surface area (TPSA) is 52.6 Å². The van der Waals surface area contributed by atoms with E-state index in [2.05, 4.69) is 4.74 Å². The van der Waals surface area contributed by atoms with Gasteiger partial charge in [-0.25, -0.2) is 0 Å². The average molecular weight is 202 g/mol. The van der Waals surface area contributed by atoms with Crippen LogP contribution in [0.5, 0.6) is 0 Å². The van der Waals surface area contributed by atoms with Crippen LogP contribution in [0.15, 0.2) is 0 Å². The van der Waals surface area contributed by atoms with Crippen molar-refractivity contribution in [1.29, 1.82) is 0 Å². The maximum absolute atomic E-state index is 11.3. The molecule has 0 N–H and O–H groups in total. The van der Waals surface area contributed by atoms with E-state index in [0.717, 1.165) is 0 Å². The Morgan fingerprint density at radius 2 is 1.79 bits per heavy atom. The van der Waals surface area contributed by atoms with Crippen molar-refractivity contribution in [1.82, 2.24) is 0 Å². The number of Topliss-reactive ketones (excluding diaryl/α,β-unsaturated/α-hetero) is 1. The third-order valence-electron chi connectivity index (χ3n) is 2.04. The van der Waals surface area contributed by atoms with Gasteiger partial charge in [-0.15, -0.1) is 0 Å². The van der Waals surface area contributed by atoms with E-state index in [9.17, 15) is 9.59 Å². The van der Waals surface area contributed by atoms with Gasteiger partial charge in [0.15, 0.2) is 0 Å². The third kappa shape index (κ3) is 4.97. The van der Waals surface area contributed by atoms with Crippen molar-refractivity contribution in [2.45, 2.75) is 32.8 Å². The summed E-state index contributed by atoms with van der Waals surface area (Å²) in [7, 11) is 2.84. The van der Waals surface area contributed by atoms with E-state index in [-0.39, 0.29) is 30.6 Å². The number of carbonyl (C=O) groups excluding carboxylic acids is 2. The Balaban J connectivity index is 3.97. The standard InChI is InChI=1S/C10H18O4/c1-7(2)9(13-3)5-8(11)6-10(12)14-4/h7,9H,5-6H2,1-4H3. The van der Waals surface area contributed by atoms with Gasteiger partial charge in [0.25, 0.3) is 0 Å². The van der Waals surface area contributed by atoms with Crippen LogP contribution >= 0.6 is 0 Å². The summed E-state index contributed by atoms with van der Waals surface area (Å²) in [5, 5.41) is 0. The molecule has 0 aliphatic carbocycles. The number of ketones is 1. The molecule has 0 aromatic heterocycles. The van der Waals surface area contributed by atoms with Crippen molar-refractivity contribution in [3.8, 4) is 0 Å². The van der Waals surface area contributed by atoms with Crippen molar-refractivity contribution >= 4 is 11.8 Å². The van der Waals surface area contributed by atoms with Gasteiger partial charge in [-0.1, -0.05) is 13.8 Å². The molecule has 82 valence electrons. The van der Waals surface area contributed by atoms with Gasteiger partial charge in [-0.2, -0.15) is 0 Å². The summed E-state index contributed by atoms with van der Waals surface area (Å²) < 4.78 is 9.52. The minimum absolute atomic E-state index is 0.118. The fourth-order valence-corrected chi connectivity index (χ4v) is 1.12. The Labute approximate surface area is 84.6 Å². The second-order valence-electron chi connectivity index (χ2n) is 3.51. The fourth-order valence-electron chi connectivity index (χ4n) is 1.12. The fraction of sp³-hybridized carbons (Fsp3) is 0.800. The molecule has 0 spiro atoms. The van der Waals surface area contributed by atoms with E-state index in [1.54, 1.807) is 7.11 Å². The van der Waals surface area contributed by atoms with E-state index in [1.165, 1.54) is 7.11 Å². The highest BCUT2D eigenvalue weighted by molar-refractivity contribution is 5.95. The first-order valence-electron chi connectivity index (χ1n) is 4.62. The van der Waals surface area contributed by atoms with Crippen LogP contribution in [0, 0.1) is 5.92 Å². The van der Waals surface area contributed by atoms with Crippen molar-refractivity contribution < 1.29 is 19.1 Å². The number of methoxy groups -OCH3 is 2. The number of ether oxygens (including phenoxy) is 2. The molecular weight excluding hydrogens is 184 g/mol. The summed E-state index contributed by atoms with van der Waals surface area (Å²) in [6, 6.07) is 0. The van der Waals surface area contributed by atoms with Crippen molar-refractivity contribution in [2.75, 3.05) is 14.2 Å². The normalized spacial score (nSPS) is 12.6. The lowest BCUT2D eigenvalue weighted by Crippen LogP contribution is -2.23. The lowest BCUT2D eigenvalue weighted by Gasteiger charge is -2.17. The molecule has 0 heterocycles. The molecule has 0 bridgehead atoms. The molecule has 4 nitrogen and oxygen atoms in total. The van der Waals surface area contributed by atoms with E-state index >= 15 is 0 Å². The maximum Gasteiger partial charge on any atom is 0.313 e. The van der Waals surface area contributed by atoms with E-state index in [1.807, 2.05) is 13.8 Å². The molecule has 4 heteroatoms. The molecule has 0 aliphatic rings. The van der Waals surface area contributed by atoms with Gasteiger partial charge in [0.1, 0.15) is 12.2 Å². The monoisotopic (exact) mass is 202 g/mol. The molecule has 0 rings (SSSR count). The summed E-state index contributed by atoms with van der Waals surface area (Å²) in [4.78, 5) is 22.1. The SMILES string of the molecule is COC(=O)CC(=O)CC(OC)C(C)C. The van der Waals surface area contributed by atoms with Crippen LogP contribution in [0.4, 0.5) is 0 Å². The number of carbonyl (C=O) groups is 2. The molecule has 0 aliphatic heterocycles.